The monoisotopic (exact) mass is 506 g/mol. The number of amides is 1. The molecule has 1 amide bonds. The third-order valence-electron chi connectivity index (χ3n) is 5.61. The normalized spacial score (nSPS) is 17.2. The maximum atomic E-state index is 13.4. The summed E-state index contributed by atoms with van der Waals surface area (Å²) in [6.07, 6.45) is 3.56. The van der Waals surface area contributed by atoms with E-state index in [1.165, 1.54) is 11.8 Å². The Bertz CT molecular complexity index is 1230. The Morgan fingerprint density at radius 3 is 2.56 bits per heavy atom. The first kappa shape index (κ1) is 25.5. The molecule has 188 valence electrons. The number of carbonyl (C=O) groups is 2. The van der Waals surface area contributed by atoms with E-state index in [1.54, 1.807) is 19.5 Å². The number of benzene rings is 1. The number of aromatic nitrogens is 1. The lowest BCUT2D eigenvalue weighted by molar-refractivity contribution is -0.150. The molecule has 1 unspecified atom stereocenters. The van der Waals surface area contributed by atoms with Crippen LogP contribution < -0.4 is 10.1 Å². The van der Waals surface area contributed by atoms with Gasteiger partial charge in [-0.2, -0.15) is 0 Å². The van der Waals surface area contributed by atoms with Crippen LogP contribution in [-0.4, -0.2) is 39.6 Å². The molecule has 4 rings (SSSR count). The zero-order chi connectivity index (χ0) is 25.9. The first-order valence-electron chi connectivity index (χ1n) is 11.6. The molecule has 36 heavy (non-hydrogen) atoms. The van der Waals surface area contributed by atoms with Crippen molar-refractivity contribution in [3.63, 3.8) is 0 Å². The van der Waals surface area contributed by atoms with Crippen molar-refractivity contribution in [3.8, 4) is 5.75 Å². The third-order valence-corrected chi connectivity index (χ3v) is 6.49. The van der Waals surface area contributed by atoms with Gasteiger partial charge in [0, 0.05) is 24.6 Å². The van der Waals surface area contributed by atoms with Crippen LogP contribution >= 0.6 is 11.8 Å². The van der Waals surface area contributed by atoms with E-state index in [2.05, 4.69) is 10.3 Å². The first-order valence-corrected chi connectivity index (χ1v) is 12.5. The van der Waals surface area contributed by atoms with Gasteiger partial charge in [0.25, 0.3) is 0 Å². The fourth-order valence-electron chi connectivity index (χ4n) is 4.00. The minimum atomic E-state index is -0.663. The number of ether oxygens (including phenoxy) is 2. The molecule has 3 heterocycles. The van der Waals surface area contributed by atoms with Crippen LogP contribution in [0.2, 0.25) is 0 Å². The lowest BCUT2D eigenvalue weighted by atomic mass is 9.93. The summed E-state index contributed by atoms with van der Waals surface area (Å²) < 4.78 is 11.1. The number of hydrogen-bond donors (Lipinski definition) is 1. The van der Waals surface area contributed by atoms with Gasteiger partial charge in [0.2, 0.25) is 5.91 Å². The number of hydrogen-bond acceptors (Lipinski definition) is 8. The van der Waals surface area contributed by atoms with E-state index in [1.807, 2.05) is 74.4 Å². The van der Waals surface area contributed by atoms with Crippen LogP contribution in [0, 0.1) is 0 Å². The van der Waals surface area contributed by atoms with E-state index >= 15 is 0 Å². The van der Waals surface area contributed by atoms with Gasteiger partial charge >= 0.3 is 5.97 Å². The molecule has 1 N–H and O–H groups in total. The fourth-order valence-corrected chi connectivity index (χ4v) is 4.96. The predicted octanol–water partition coefficient (Wildman–Crippen LogP) is 4.71. The summed E-state index contributed by atoms with van der Waals surface area (Å²) in [4.78, 5) is 37.0. The van der Waals surface area contributed by atoms with E-state index < -0.39 is 17.6 Å². The minimum Gasteiger partial charge on any atom is -0.497 e. The van der Waals surface area contributed by atoms with Crippen LogP contribution in [0.15, 0.2) is 76.2 Å². The molecule has 0 spiro atoms. The van der Waals surface area contributed by atoms with Crippen LogP contribution in [0.1, 0.15) is 51.3 Å². The molecular weight excluding hydrogens is 476 g/mol. The molecule has 0 radical (unpaired) electrons. The van der Waals surface area contributed by atoms with Crippen molar-refractivity contribution in [2.45, 2.75) is 52.3 Å². The summed E-state index contributed by atoms with van der Waals surface area (Å²) in [7, 11) is 1.61. The number of thioether (sulfide) groups is 1. The SMILES string of the molecule is COc1ccc(C2C(C(=O)OC(C)(C)C)=C(C)N=C3SC=C(CC(=O)NCc4cccnc4)N32)cc1. The zero-order valence-corrected chi connectivity index (χ0v) is 21.9. The van der Waals surface area contributed by atoms with Gasteiger partial charge in [0.1, 0.15) is 11.4 Å². The van der Waals surface area contributed by atoms with Crippen molar-refractivity contribution in [2.75, 3.05) is 7.11 Å². The van der Waals surface area contributed by atoms with E-state index in [4.69, 9.17) is 14.5 Å². The summed E-state index contributed by atoms with van der Waals surface area (Å²) in [6.45, 7) is 7.72. The molecule has 2 aromatic rings. The average molecular weight is 507 g/mol. The van der Waals surface area contributed by atoms with Crippen LogP contribution in [0.25, 0.3) is 0 Å². The van der Waals surface area contributed by atoms with Gasteiger partial charge in [-0.25, -0.2) is 9.79 Å². The summed E-state index contributed by atoms with van der Waals surface area (Å²) in [6, 6.07) is 10.8. The number of allylic oxidation sites excluding steroid dienone is 1. The standard InChI is InChI=1S/C27H30N4O4S/c1-17-23(25(33)35-27(2,3)4)24(19-8-10-21(34-5)11-9-19)31-20(16-36-26(31)30-17)13-22(32)29-15-18-7-6-12-28-14-18/h6-12,14,16,24H,13,15H2,1-5H3,(H,29,32). The number of esters is 1. The molecule has 0 bridgehead atoms. The van der Waals surface area contributed by atoms with Crippen LogP contribution in [0.4, 0.5) is 0 Å². The van der Waals surface area contributed by atoms with Crippen molar-refractivity contribution < 1.29 is 19.1 Å². The van der Waals surface area contributed by atoms with Crippen molar-refractivity contribution in [1.82, 2.24) is 15.2 Å². The lowest BCUT2D eigenvalue weighted by Crippen LogP contribution is -2.39. The summed E-state index contributed by atoms with van der Waals surface area (Å²) in [5.41, 5.74) is 2.93. The van der Waals surface area contributed by atoms with E-state index in [-0.39, 0.29) is 12.3 Å². The first-order chi connectivity index (χ1) is 17.2. The Morgan fingerprint density at radius 2 is 1.92 bits per heavy atom. The number of nitrogens with zero attached hydrogens (tertiary/aromatic N) is 3. The number of fused-ring (bicyclic) bond motifs is 1. The summed E-state index contributed by atoms with van der Waals surface area (Å²) in [5.74, 6) is 0.149. The topological polar surface area (TPSA) is 93.1 Å². The van der Waals surface area contributed by atoms with Crippen molar-refractivity contribution in [2.24, 2.45) is 4.99 Å². The fraction of sp³-hybridized carbons (Fsp3) is 0.333. The number of methoxy groups -OCH3 is 1. The lowest BCUT2D eigenvalue weighted by Gasteiger charge is -2.37. The van der Waals surface area contributed by atoms with Gasteiger partial charge in [0.15, 0.2) is 5.17 Å². The highest BCUT2D eigenvalue weighted by Gasteiger charge is 2.41. The molecule has 0 saturated heterocycles. The molecule has 9 heteroatoms. The van der Waals surface area contributed by atoms with E-state index in [0.717, 1.165) is 22.0 Å². The van der Waals surface area contributed by atoms with Crippen LogP contribution in [-0.2, 0) is 20.9 Å². The Morgan fingerprint density at radius 1 is 1.17 bits per heavy atom. The number of aliphatic imine (C=N–C) groups is 1. The van der Waals surface area contributed by atoms with Gasteiger partial charge in [0.05, 0.1) is 30.8 Å². The van der Waals surface area contributed by atoms with Gasteiger partial charge in [-0.1, -0.05) is 30.0 Å². The Balaban J connectivity index is 1.63. The second kappa shape index (κ2) is 10.6. The van der Waals surface area contributed by atoms with Gasteiger partial charge < -0.3 is 19.7 Å². The van der Waals surface area contributed by atoms with E-state index in [0.29, 0.717) is 23.6 Å². The smallest absolute Gasteiger partial charge is 0.338 e. The number of amidine groups is 1. The van der Waals surface area contributed by atoms with E-state index in [9.17, 15) is 9.59 Å². The molecule has 2 aliphatic rings. The predicted molar refractivity (Wildman–Crippen MR) is 140 cm³/mol. The highest BCUT2D eigenvalue weighted by Crippen LogP contribution is 2.45. The van der Waals surface area contributed by atoms with Crippen molar-refractivity contribution >= 4 is 28.8 Å². The summed E-state index contributed by atoms with van der Waals surface area (Å²) >= 11 is 1.44. The molecule has 1 aromatic carbocycles. The maximum Gasteiger partial charge on any atom is 0.338 e. The third kappa shape index (κ3) is 5.79. The number of rotatable bonds is 7. The highest BCUT2D eigenvalue weighted by atomic mass is 32.2. The number of pyridine rings is 1. The maximum absolute atomic E-state index is 13.4. The molecule has 2 aliphatic heterocycles. The van der Waals surface area contributed by atoms with Crippen LogP contribution in [0.3, 0.4) is 0 Å². The molecule has 0 aliphatic carbocycles. The Kier molecular flexibility index (Phi) is 7.49. The van der Waals surface area contributed by atoms with Gasteiger partial charge in [-0.3, -0.25) is 9.78 Å². The minimum absolute atomic E-state index is 0.134. The quantitative estimate of drug-likeness (QED) is 0.544. The number of carbonyl (C=O) groups excluding carboxylic acids is 2. The van der Waals surface area contributed by atoms with Crippen LogP contribution in [0.5, 0.6) is 5.75 Å². The Labute approximate surface area is 215 Å². The number of nitrogens with one attached hydrogen (secondary N) is 1. The highest BCUT2D eigenvalue weighted by molar-refractivity contribution is 8.16. The molecule has 8 nitrogen and oxygen atoms in total. The Hall–Kier alpha value is -3.59. The molecule has 1 aromatic heterocycles. The van der Waals surface area contributed by atoms with Crippen molar-refractivity contribution in [1.29, 1.82) is 0 Å². The molecule has 1 atom stereocenters. The molecule has 0 saturated carbocycles. The second-order valence-corrected chi connectivity index (χ2v) is 10.3. The largest absolute Gasteiger partial charge is 0.497 e. The van der Waals surface area contributed by atoms with Crippen molar-refractivity contribution in [3.05, 3.63) is 82.3 Å². The molecular formula is C27H30N4O4S. The van der Waals surface area contributed by atoms with Gasteiger partial charge in [-0.15, -0.1) is 0 Å². The van der Waals surface area contributed by atoms with Gasteiger partial charge in [-0.05, 0) is 62.4 Å². The second-order valence-electron chi connectivity index (χ2n) is 9.48. The summed E-state index contributed by atoms with van der Waals surface area (Å²) in [5, 5.41) is 5.59. The molecule has 0 fully saturated rings. The average Bonchev–Trinajstić information content (AvgIpc) is 3.23. The zero-order valence-electron chi connectivity index (χ0n) is 21.1.